The van der Waals surface area contributed by atoms with Crippen LogP contribution in [-0.4, -0.2) is 32.6 Å². The van der Waals surface area contributed by atoms with Crippen molar-refractivity contribution >= 4 is 17.2 Å². The van der Waals surface area contributed by atoms with Gasteiger partial charge < -0.3 is 10.4 Å². The third-order valence-electron chi connectivity index (χ3n) is 3.18. The summed E-state index contributed by atoms with van der Waals surface area (Å²) < 4.78 is 1.58. The van der Waals surface area contributed by atoms with Crippen LogP contribution < -0.4 is 5.32 Å². The smallest absolute Gasteiger partial charge is 0.251 e. The van der Waals surface area contributed by atoms with Gasteiger partial charge in [-0.1, -0.05) is 11.3 Å². The van der Waals surface area contributed by atoms with Gasteiger partial charge >= 0.3 is 0 Å². The van der Waals surface area contributed by atoms with Crippen LogP contribution in [0.4, 0.5) is 0 Å². The van der Waals surface area contributed by atoms with Crippen LogP contribution in [0.15, 0.2) is 53.5 Å². The molecule has 0 radical (unpaired) electrons. The molecule has 0 aliphatic rings. The minimum absolute atomic E-state index is 0.170. The van der Waals surface area contributed by atoms with Crippen LogP contribution in [0, 0.1) is 0 Å². The molecule has 22 heavy (non-hydrogen) atoms. The number of carbonyl (C=O) groups is 1. The Morgan fingerprint density at radius 3 is 3.05 bits per heavy atom. The summed E-state index contributed by atoms with van der Waals surface area (Å²) in [6.07, 6.45) is 2.58. The summed E-state index contributed by atoms with van der Waals surface area (Å²) in [7, 11) is 0. The summed E-state index contributed by atoms with van der Waals surface area (Å²) in [5.41, 5.74) is 2.07. The Bertz CT molecular complexity index is 741. The minimum Gasteiger partial charge on any atom is -0.387 e. The fraction of sp³-hybridized carbons (Fsp3) is 0.133. The summed E-state index contributed by atoms with van der Waals surface area (Å²) in [4.78, 5) is 12.2. The molecule has 2 aromatic heterocycles. The van der Waals surface area contributed by atoms with E-state index in [1.54, 1.807) is 35.3 Å². The van der Waals surface area contributed by atoms with Gasteiger partial charge in [0.25, 0.3) is 5.91 Å². The van der Waals surface area contributed by atoms with Crippen molar-refractivity contribution in [3.05, 3.63) is 64.6 Å². The number of hydrogen-bond acceptors (Lipinski definition) is 5. The number of amides is 1. The minimum atomic E-state index is -0.700. The number of carbonyl (C=O) groups excluding carboxylic acids is 1. The van der Waals surface area contributed by atoms with Gasteiger partial charge in [0.05, 0.1) is 24.2 Å². The van der Waals surface area contributed by atoms with Crippen molar-refractivity contribution < 1.29 is 9.90 Å². The van der Waals surface area contributed by atoms with Crippen molar-refractivity contribution in [2.24, 2.45) is 0 Å². The molecule has 0 aliphatic heterocycles. The lowest BCUT2D eigenvalue weighted by molar-refractivity contribution is 0.0916. The standard InChI is InChI=1S/C15H14N4O2S/c20-14(12-4-7-22-10-12)9-16-15(21)11-2-1-3-13(8-11)19-6-5-17-18-19/h1-8,10,14,20H,9H2,(H,16,21). The Morgan fingerprint density at radius 2 is 2.32 bits per heavy atom. The molecule has 6 nitrogen and oxygen atoms in total. The van der Waals surface area contributed by atoms with Crippen molar-refractivity contribution in [1.29, 1.82) is 0 Å². The Hall–Kier alpha value is -2.51. The second-order valence-corrected chi connectivity index (χ2v) is 5.46. The second-order valence-electron chi connectivity index (χ2n) is 4.68. The van der Waals surface area contributed by atoms with Gasteiger partial charge in [-0.25, -0.2) is 4.68 Å². The SMILES string of the molecule is O=C(NCC(O)c1ccsc1)c1cccc(-n2ccnn2)c1. The molecule has 7 heteroatoms. The van der Waals surface area contributed by atoms with Crippen molar-refractivity contribution in [3.63, 3.8) is 0 Å². The van der Waals surface area contributed by atoms with Crippen molar-refractivity contribution in [3.8, 4) is 5.69 Å². The van der Waals surface area contributed by atoms with Gasteiger partial charge in [0.2, 0.25) is 0 Å². The number of thiophene rings is 1. The Labute approximate surface area is 131 Å². The van der Waals surface area contributed by atoms with E-state index in [0.717, 1.165) is 11.3 Å². The lowest BCUT2D eigenvalue weighted by Gasteiger charge is -2.11. The number of aromatic nitrogens is 3. The number of aliphatic hydroxyl groups is 1. The molecule has 2 N–H and O–H groups in total. The average Bonchev–Trinajstić information content (AvgIpc) is 3.25. The molecular weight excluding hydrogens is 300 g/mol. The molecule has 0 saturated heterocycles. The summed E-state index contributed by atoms with van der Waals surface area (Å²) in [5.74, 6) is -0.240. The van der Waals surface area contributed by atoms with E-state index in [1.165, 1.54) is 11.3 Å². The first-order chi connectivity index (χ1) is 10.7. The molecule has 1 aromatic carbocycles. The molecule has 1 atom stereocenters. The van der Waals surface area contributed by atoms with E-state index >= 15 is 0 Å². The first-order valence-corrected chi connectivity index (χ1v) is 7.63. The topological polar surface area (TPSA) is 80.0 Å². The molecule has 0 aliphatic carbocycles. The Kier molecular flexibility index (Phi) is 4.27. The number of rotatable bonds is 5. The lowest BCUT2D eigenvalue weighted by Crippen LogP contribution is -2.28. The van der Waals surface area contributed by atoms with Gasteiger partial charge in [0.15, 0.2) is 0 Å². The fourth-order valence-electron chi connectivity index (χ4n) is 2.01. The van der Waals surface area contributed by atoms with Gasteiger partial charge in [-0.3, -0.25) is 4.79 Å². The molecule has 0 fully saturated rings. The highest BCUT2D eigenvalue weighted by atomic mass is 32.1. The van der Waals surface area contributed by atoms with Crippen LogP contribution in [0.3, 0.4) is 0 Å². The molecule has 0 bridgehead atoms. The van der Waals surface area contributed by atoms with Crippen LogP contribution in [0.25, 0.3) is 5.69 Å². The van der Waals surface area contributed by atoms with E-state index < -0.39 is 6.10 Å². The zero-order chi connectivity index (χ0) is 15.4. The highest BCUT2D eigenvalue weighted by molar-refractivity contribution is 7.07. The molecule has 3 aromatic rings. The maximum absolute atomic E-state index is 12.2. The number of nitrogens with one attached hydrogen (secondary N) is 1. The summed E-state index contributed by atoms with van der Waals surface area (Å²) >= 11 is 1.51. The maximum atomic E-state index is 12.2. The van der Waals surface area contributed by atoms with E-state index in [0.29, 0.717) is 5.56 Å². The molecule has 0 saturated carbocycles. The highest BCUT2D eigenvalue weighted by Gasteiger charge is 2.12. The fourth-order valence-corrected chi connectivity index (χ4v) is 2.72. The van der Waals surface area contributed by atoms with Gasteiger partial charge in [0.1, 0.15) is 0 Å². The van der Waals surface area contributed by atoms with Crippen molar-refractivity contribution in [1.82, 2.24) is 20.3 Å². The summed E-state index contributed by atoms with van der Waals surface area (Å²) in [6.45, 7) is 0.170. The van der Waals surface area contributed by atoms with Crippen LogP contribution >= 0.6 is 11.3 Å². The normalized spacial score (nSPS) is 12.0. The third kappa shape index (κ3) is 3.21. The second kappa shape index (κ2) is 6.50. The monoisotopic (exact) mass is 314 g/mol. The van der Waals surface area contributed by atoms with E-state index in [1.807, 2.05) is 22.9 Å². The Balaban J connectivity index is 1.66. The van der Waals surface area contributed by atoms with E-state index in [2.05, 4.69) is 15.6 Å². The largest absolute Gasteiger partial charge is 0.387 e. The summed E-state index contributed by atoms with van der Waals surface area (Å²) in [6, 6.07) is 8.90. The molecule has 1 amide bonds. The number of hydrogen-bond donors (Lipinski definition) is 2. The van der Waals surface area contributed by atoms with E-state index in [-0.39, 0.29) is 12.5 Å². The number of nitrogens with zero attached hydrogens (tertiary/aromatic N) is 3. The summed E-state index contributed by atoms with van der Waals surface area (Å²) in [5, 5.41) is 24.1. The first-order valence-electron chi connectivity index (χ1n) is 6.69. The van der Waals surface area contributed by atoms with E-state index in [4.69, 9.17) is 0 Å². The van der Waals surface area contributed by atoms with Crippen molar-refractivity contribution in [2.75, 3.05) is 6.54 Å². The van der Waals surface area contributed by atoms with Gasteiger partial charge in [-0.2, -0.15) is 11.3 Å². The van der Waals surface area contributed by atoms with Gasteiger partial charge in [0, 0.05) is 12.1 Å². The molecule has 0 spiro atoms. The highest BCUT2D eigenvalue weighted by Crippen LogP contribution is 2.15. The maximum Gasteiger partial charge on any atom is 0.251 e. The van der Waals surface area contributed by atoms with Crippen LogP contribution in [0.2, 0.25) is 0 Å². The quantitative estimate of drug-likeness (QED) is 0.752. The third-order valence-corrected chi connectivity index (χ3v) is 3.88. The zero-order valence-corrected chi connectivity index (χ0v) is 12.4. The van der Waals surface area contributed by atoms with Crippen LogP contribution in [-0.2, 0) is 0 Å². The molecule has 3 rings (SSSR count). The number of aliphatic hydroxyl groups excluding tert-OH is 1. The predicted molar refractivity (Wildman–Crippen MR) is 83.0 cm³/mol. The molecular formula is C15H14N4O2S. The molecule has 112 valence electrons. The zero-order valence-electron chi connectivity index (χ0n) is 11.6. The molecule has 2 heterocycles. The van der Waals surface area contributed by atoms with Crippen LogP contribution in [0.5, 0.6) is 0 Å². The lowest BCUT2D eigenvalue weighted by atomic mass is 10.1. The van der Waals surface area contributed by atoms with Gasteiger partial charge in [-0.15, -0.1) is 5.10 Å². The van der Waals surface area contributed by atoms with Gasteiger partial charge in [-0.05, 0) is 40.6 Å². The Morgan fingerprint density at radius 1 is 1.41 bits per heavy atom. The number of benzene rings is 1. The van der Waals surface area contributed by atoms with Crippen LogP contribution in [0.1, 0.15) is 22.0 Å². The average molecular weight is 314 g/mol. The molecule has 1 unspecified atom stereocenters. The predicted octanol–water partition coefficient (Wildman–Crippen LogP) is 1.79. The first kappa shape index (κ1) is 14.4. The van der Waals surface area contributed by atoms with Crippen molar-refractivity contribution in [2.45, 2.75) is 6.10 Å². The van der Waals surface area contributed by atoms with E-state index in [9.17, 15) is 9.90 Å².